The number of aromatic nitrogens is 6. The lowest BCUT2D eigenvalue weighted by molar-refractivity contribution is 0.751. The number of hydrogen-bond acceptors (Lipinski definition) is 7. The normalized spacial score (nSPS) is 11.2. The number of fused-ring (bicyclic) bond motifs is 1. The molecule has 1 aromatic carbocycles. The van der Waals surface area contributed by atoms with Crippen molar-refractivity contribution in [3.63, 3.8) is 0 Å². The van der Waals surface area contributed by atoms with Crippen molar-refractivity contribution < 1.29 is 0 Å². The van der Waals surface area contributed by atoms with Crippen molar-refractivity contribution in [1.29, 1.82) is 0 Å². The van der Waals surface area contributed by atoms with E-state index in [2.05, 4.69) is 51.5 Å². The number of rotatable bonds is 3. The summed E-state index contributed by atoms with van der Waals surface area (Å²) in [6.45, 7) is 4.13. The number of thiophene rings is 1. The van der Waals surface area contributed by atoms with Crippen molar-refractivity contribution in [3.05, 3.63) is 47.1 Å². The summed E-state index contributed by atoms with van der Waals surface area (Å²) >= 11 is 3.04. The average Bonchev–Trinajstić information content (AvgIpc) is 3.17. The predicted molar refractivity (Wildman–Crippen MR) is 90.2 cm³/mol. The second kappa shape index (κ2) is 5.71. The smallest absolute Gasteiger partial charge is 0.220 e. The van der Waals surface area contributed by atoms with Gasteiger partial charge in [-0.2, -0.15) is 4.68 Å². The molecule has 114 valence electrons. The third kappa shape index (κ3) is 2.60. The lowest BCUT2D eigenvalue weighted by Gasteiger charge is -2.08. The Kier molecular flexibility index (Phi) is 3.55. The number of hydrogen-bond donors (Lipinski definition) is 0. The van der Waals surface area contributed by atoms with E-state index in [1.807, 2.05) is 17.5 Å². The van der Waals surface area contributed by atoms with Gasteiger partial charge in [-0.1, -0.05) is 17.7 Å². The van der Waals surface area contributed by atoms with Crippen LogP contribution < -0.4 is 0 Å². The summed E-state index contributed by atoms with van der Waals surface area (Å²) in [4.78, 5) is 9.61. The molecule has 4 rings (SSSR count). The lowest BCUT2D eigenvalue weighted by Crippen LogP contribution is -2.02. The van der Waals surface area contributed by atoms with Crippen LogP contribution >= 0.6 is 23.1 Å². The van der Waals surface area contributed by atoms with Gasteiger partial charge < -0.3 is 0 Å². The lowest BCUT2D eigenvalue weighted by atomic mass is 10.1. The maximum atomic E-state index is 4.37. The number of aryl methyl sites for hydroxylation is 2. The van der Waals surface area contributed by atoms with Crippen LogP contribution in [0.3, 0.4) is 0 Å². The van der Waals surface area contributed by atoms with Gasteiger partial charge in [0.2, 0.25) is 5.16 Å². The van der Waals surface area contributed by atoms with Crippen molar-refractivity contribution in [2.45, 2.75) is 24.0 Å². The molecule has 0 aliphatic rings. The van der Waals surface area contributed by atoms with Gasteiger partial charge in [-0.15, -0.1) is 16.4 Å². The Morgan fingerprint density at radius 3 is 2.91 bits per heavy atom. The fraction of sp³-hybridized carbons (Fsp3) is 0.133. The van der Waals surface area contributed by atoms with Crippen LogP contribution in [0.25, 0.3) is 15.9 Å². The van der Waals surface area contributed by atoms with E-state index in [4.69, 9.17) is 0 Å². The molecule has 0 radical (unpaired) electrons. The van der Waals surface area contributed by atoms with E-state index in [0.717, 1.165) is 26.5 Å². The van der Waals surface area contributed by atoms with Crippen molar-refractivity contribution >= 4 is 33.3 Å². The second-order valence-corrected chi connectivity index (χ2v) is 6.93. The van der Waals surface area contributed by atoms with Crippen LogP contribution in [0.5, 0.6) is 0 Å². The monoisotopic (exact) mass is 340 g/mol. The molecular weight excluding hydrogens is 328 g/mol. The van der Waals surface area contributed by atoms with E-state index in [9.17, 15) is 0 Å². The van der Waals surface area contributed by atoms with Crippen LogP contribution in [0.2, 0.25) is 0 Å². The summed E-state index contributed by atoms with van der Waals surface area (Å²) in [5.41, 5.74) is 3.31. The van der Waals surface area contributed by atoms with Gasteiger partial charge >= 0.3 is 0 Å². The van der Waals surface area contributed by atoms with Crippen molar-refractivity contribution in [3.8, 4) is 5.69 Å². The zero-order valence-electron chi connectivity index (χ0n) is 12.5. The number of benzene rings is 1. The minimum atomic E-state index is 0.683. The molecule has 4 aromatic rings. The molecule has 0 saturated carbocycles. The minimum Gasteiger partial charge on any atom is -0.229 e. The SMILES string of the molecule is Cc1ccc(-n2nnnc2Sc2ncnc3sccc23)c(C)c1. The summed E-state index contributed by atoms with van der Waals surface area (Å²) in [5.74, 6) is 0. The van der Waals surface area contributed by atoms with Crippen LogP contribution in [-0.2, 0) is 0 Å². The third-order valence-corrected chi connectivity index (χ3v) is 5.21. The van der Waals surface area contributed by atoms with Gasteiger partial charge in [-0.25, -0.2) is 9.97 Å². The molecule has 0 aliphatic carbocycles. The Labute approximate surface area is 140 Å². The van der Waals surface area contributed by atoms with Gasteiger partial charge in [0.15, 0.2) is 0 Å². The molecule has 6 nitrogen and oxygen atoms in total. The van der Waals surface area contributed by atoms with Gasteiger partial charge in [-0.05, 0) is 59.1 Å². The largest absolute Gasteiger partial charge is 0.229 e. The molecule has 0 N–H and O–H groups in total. The third-order valence-electron chi connectivity index (χ3n) is 3.43. The maximum absolute atomic E-state index is 4.37. The highest BCUT2D eigenvalue weighted by Crippen LogP contribution is 2.32. The summed E-state index contributed by atoms with van der Waals surface area (Å²) in [5, 5.41) is 16.7. The molecular formula is C15H12N6S2. The molecule has 0 bridgehead atoms. The molecule has 8 heteroatoms. The second-order valence-electron chi connectivity index (χ2n) is 5.08. The minimum absolute atomic E-state index is 0.683. The van der Waals surface area contributed by atoms with E-state index in [0.29, 0.717) is 5.16 Å². The standard InChI is InChI=1S/C15H12N6S2/c1-9-3-4-12(10(2)7-9)21-15(18-19-20-21)23-14-11-5-6-22-13(11)16-8-17-14/h3-8H,1-2H3. The highest BCUT2D eigenvalue weighted by Gasteiger charge is 2.15. The fourth-order valence-corrected chi connectivity index (χ4v) is 4.02. The van der Waals surface area contributed by atoms with Crippen LogP contribution in [0.15, 0.2) is 46.2 Å². The van der Waals surface area contributed by atoms with Crippen molar-refractivity contribution in [2.75, 3.05) is 0 Å². The Morgan fingerprint density at radius 2 is 2.04 bits per heavy atom. The van der Waals surface area contributed by atoms with E-state index >= 15 is 0 Å². The van der Waals surface area contributed by atoms with E-state index in [1.165, 1.54) is 17.3 Å². The molecule has 3 heterocycles. The van der Waals surface area contributed by atoms with E-state index in [1.54, 1.807) is 22.3 Å². The Bertz CT molecular complexity index is 990. The van der Waals surface area contributed by atoms with Crippen LogP contribution in [0.1, 0.15) is 11.1 Å². The molecule has 23 heavy (non-hydrogen) atoms. The summed E-state index contributed by atoms with van der Waals surface area (Å²) in [7, 11) is 0. The predicted octanol–water partition coefficient (Wildman–Crippen LogP) is 3.44. The highest BCUT2D eigenvalue weighted by molar-refractivity contribution is 7.99. The van der Waals surface area contributed by atoms with E-state index in [-0.39, 0.29) is 0 Å². The molecule has 0 saturated heterocycles. The van der Waals surface area contributed by atoms with Gasteiger partial charge in [0, 0.05) is 5.39 Å². The molecule has 0 unspecified atom stereocenters. The van der Waals surface area contributed by atoms with Gasteiger partial charge in [0.25, 0.3) is 0 Å². The van der Waals surface area contributed by atoms with Crippen LogP contribution in [-0.4, -0.2) is 30.2 Å². The zero-order valence-corrected chi connectivity index (χ0v) is 14.1. The first-order valence-corrected chi connectivity index (χ1v) is 8.64. The Morgan fingerprint density at radius 1 is 1.13 bits per heavy atom. The first kappa shape index (κ1) is 14.3. The first-order chi connectivity index (χ1) is 11.2. The Hall–Kier alpha value is -2.32. The average molecular weight is 340 g/mol. The Balaban J connectivity index is 1.77. The van der Waals surface area contributed by atoms with Gasteiger partial charge in [0.1, 0.15) is 16.2 Å². The fourth-order valence-electron chi connectivity index (χ4n) is 2.37. The molecule has 3 aromatic heterocycles. The summed E-state index contributed by atoms with van der Waals surface area (Å²) < 4.78 is 1.75. The zero-order chi connectivity index (χ0) is 15.8. The number of nitrogens with zero attached hydrogens (tertiary/aromatic N) is 6. The first-order valence-electron chi connectivity index (χ1n) is 6.94. The maximum Gasteiger partial charge on any atom is 0.220 e. The molecule has 0 atom stereocenters. The van der Waals surface area contributed by atoms with Gasteiger partial charge in [0.05, 0.1) is 5.69 Å². The van der Waals surface area contributed by atoms with Gasteiger partial charge in [-0.3, -0.25) is 0 Å². The van der Waals surface area contributed by atoms with Crippen LogP contribution in [0.4, 0.5) is 0 Å². The summed E-state index contributed by atoms with van der Waals surface area (Å²) in [6, 6.07) is 8.23. The number of tetrazole rings is 1. The van der Waals surface area contributed by atoms with Crippen molar-refractivity contribution in [2.24, 2.45) is 0 Å². The molecule has 0 fully saturated rings. The topological polar surface area (TPSA) is 69.4 Å². The van der Waals surface area contributed by atoms with Crippen LogP contribution in [0, 0.1) is 13.8 Å². The molecule has 0 spiro atoms. The van der Waals surface area contributed by atoms with E-state index < -0.39 is 0 Å². The molecule has 0 amide bonds. The highest BCUT2D eigenvalue weighted by atomic mass is 32.2. The van der Waals surface area contributed by atoms with Crippen molar-refractivity contribution in [1.82, 2.24) is 30.2 Å². The molecule has 0 aliphatic heterocycles. The summed E-state index contributed by atoms with van der Waals surface area (Å²) in [6.07, 6.45) is 1.58. The quantitative estimate of drug-likeness (QED) is 0.532.